The highest BCUT2D eigenvalue weighted by molar-refractivity contribution is 5.84. The molecule has 12 heteroatoms. The number of carbonyl (C=O) groups is 2. The lowest BCUT2D eigenvalue weighted by atomic mass is 10.1. The van der Waals surface area contributed by atoms with Crippen LogP contribution in [0.4, 0.5) is 17.7 Å². The van der Waals surface area contributed by atoms with Gasteiger partial charge in [-0.2, -0.15) is 4.98 Å². The van der Waals surface area contributed by atoms with E-state index in [1.54, 1.807) is 17.3 Å². The Hall–Kier alpha value is -3.54. The molecule has 5 heterocycles. The van der Waals surface area contributed by atoms with E-state index in [4.69, 9.17) is 20.4 Å². The number of rotatable bonds is 5. The number of morpholine rings is 1. The van der Waals surface area contributed by atoms with Crippen LogP contribution >= 0.6 is 0 Å². The van der Waals surface area contributed by atoms with Crippen molar-refractivity contribution in [3.8, 4) is 11.3 Å². The van der Waals surface area contributed by atoms with E-state index in [1.165, 1.54) is 6.92 Å². The van der Waals surface area contributed by atoms with Gasteiger partial charge in [0.05, 0.1) is 31.5 Å². The quantitative estimate of drug-likeness (QED) is 0.582. The molecule has 2 aromatic heterocycles. The van der Waals surface area contributed by atoms with Gasteiger partial charge in [-0.15, -0.1) is 0 Å². The maximum atomic E-state index is 12.3. The molecule has 33 heavy (non-hydrogen) atoms. The summed E-state index contributed by atoms with van der Waals surface area (Å²) < 4.78 is 5.49. The maximum Gasteiger partial charge on any atom is 0.242 e. The third-order valence-corrected chi connectivity index (χ3v) is 6.23. The van der Waals surface area contributed by atoms with Crippen LogP contribution < -0.4 is 20.9 Å². The Morgan fingerprint density at radius 3 is 2.58 bits per heavy atom. The molecular weight excluding hydrogens is 426 g/mol. The summed E-state index contributed by atoms with van der Waals surface area (Å²) in [5.74, 6) is 1.50. The zero-order valence-electron chi connectivity index (χ0n) is 18.5. The summed E-state index contributed by atoms with van der Waals surface area (Å²) in [5, 5.41) is 2.57. The van der Waals surface area contributed by atoms with Gasteiger partial charge >= 0.3 is 0 Å². The largest absolute Gasteiger partial charge is 0.378 e. The fourth-order valence-electron chi connectivity index (χ4n) is 4.39. The van der Waals surface area contributed by atoms with Crippen LogP contribution in [0.3, 0.4) is 0 Å². The Balaban J connectivity index is 1.41. The van der Waals surface area contributed by atoms with Crippen LogP contribution in [-0.4, -0.2) is 95.2 Å². The zero-order valence-corrected chi connectivity index (χ0v) is 18.5. The van der Waals surface area contributed by atoms with Crippen LogP contribution in [0.25, 0.3) is 11.3 Å². The van der Waals surface area contributed by atoms with Gasteiger partial charge in [0.15, 0.2) is 0 Å². The number of ether oxygens (including phenoxy) is 1. The van der Waals surface area contributed by atoms with Crippen molar-refractivity contribution in [3.63, 3.8) is 0 Å². The van der Waals surface area contributed by atoms with Crippen LogP contribution in [0.5, 0.6) is 0 Å². The van der Waals surface area contributed by atoms with Crippen molar-refractivity contribution < 1.29 is 14.3 Å². The lowest BCUT2D eigenvalue weighted by Crippen LogP contribution is -2.62. The SMILES string of the molecule is CC(=O)NCC(=O)N1CC(N2CCc3c(-c4cnc(N)nc4)nc(N4CCOCC4)nc32)C1. The van der Waals surface area contributed by atoms with Crippen LogP contribution in [0.15, 0.2) is 12.4 Å². The van der Waals surface area contributed by atoms with E-state index in [-0.39, 0.29) is 30.3 Å². The van der Waals surface area contributed by atoms with E-state index in [0.717, 1.165) is 48.7 Å². The Morgan fingerprint density at radius 1 is 1.15 bits per heavy atom. The molecule has 0 unspecified atom stereocenters. The Kier molecular flexibility index (Phi) is 5.67. The summed E-state index contributed by atoms with van der Waals surface area (Å²) in [6.07, 6.45) is 4.19. The van der Waals surface area contributed by atoms with E-state index in [9.17, 15) is 9.59 Å². The molecular formula is C21H27N9O3. The van der Waals surface area contributed by atoms with Crippen molar-refractivity contribution in [2.24, 2.45) is 0 Å². The molecule has 2 fully saturated rings. The van der Waals surface area contributed by atoms with Crippen molar-refractivity contribution in [1.29, 1.82) is 0 Å². The average Bonchev–Trinajstić information content (AvgIpc) is 3.21. The highest BCUT2D eigenvalue weighted by Gasteiger charge is 2.39. The lowest BCUT2D eigenvalue weighted by molar-refractivity contribution is -0.136. The maximum absolute atomic E-state index is 12.3. The topological polar surface area (TPSA) is 143 Å². The third kappa shape index (κ3) is 4.25. The number of carbonyl (C=O) groups excluding carboxylic acids is 2. The van der Waals surface area contributed by atoms with Gasteiger partial charge in [0, 0.05) is 63.2 Å². The number of nitrogens with one attached hydrogen (secondary N) is 1. The van der Waals surface area contributed by atoms with Crippen LogP contribution in [-0.2, 0) is 20.7 Å². The monoisotopic (exact) mass is 453 g/mol. The number of fused-ring (bicyclic) bond motifs is 1. The van der Waals surface area contributed by atoms with Gasteiger partial charge in [0.1, 0.15) is 5.82 Å². The van der Waals surface area contributed by atoms with Gasteiger partial charge in [-0.05, 0) is 6.42 Å². The first-order chi connectivity index (χ1) is 16.0. The highest BCUT2D eigenvalue weighted by atomic mass is 16.5. The lowest BCUT2D eigenvalue weighted by Gasteiger charge is -2.44. The molecule has 0 spiro atoms. The molecule has 3 aliphatic heterocycles. The first-order valence-electron chi connectivity index (χ1n) is 11.1. The van der Waals surface area contributed by atoms with Crippen molar-refractivity contribution >= 4 is 29.5 Å². The molecule has 2 saturated heterocycles. The van der Waals surface area contributed by atoms with Crippen LogP contribution in [0.2, 0.25) is 0 Å². The van der Waals surface area contributed by atoms with E-state index in [2.05, 4.69) is 25.1 Å². The number of nitrogens with two attached hydrogens (primary N) is 1. The number of nitrogens with zero attached hydrogens (tertiary/aromatic N) is 7. The standard InChI is InChI=1S/C21H27N9O3/c1-13(31)23-10-17(32)29-11-15(12-29)30-3-2-16-18(14-8-24-20(22)25-9-14)26-21(27-19(16)30)28-4-6-33-7-5-28/h8-9,15H,2-7,10-12H2,1H3,(H,23,31)(H2,22,24,25). The second kappa shape index (κ2) is 8.77. The second-order valence-corrected chi connectivity index (χ2v) is 8.41. The van der Waals surface area contributed by atoms with Gasteiger partial charge in [-0.1, -0.05) is 0 Å². The number of hydrogen-bond acceptors (Lipinski definition) is 10. The summed E-state index contributed by atoms with van der Waals surface area (Å²) in [5.41, 5.74) is 8.37. The number of hydrogen-bond donors (Lipinski definition) is 2. The predicted molar refractivity (Wildman–Crippen MR) is 121 cm³/mol. The molecule has 0 saturated carbocycles. The minimum absolute atomic E-state index is 0.0310. The van der Waals surface area contributed by atoms with Crippen molar-refractivity contribution in [3.05, 3.63) is 18.0 Å². The second-order valence-electron chi connectivity index (χ2n) is 8.41. The summed E-state index contributed by atoms with van der Waals surface area (Å²) >= 11 is 0. The minimum Gasteiger partial charge on any atom is -0.378 e. The Bertz CT molecular complexity index is 1050. The summed E-state index contributed by atoms with van der Waals surface area (Å²) in [6.45, 7) is 6.18. The predicted octanol–water partition coefficient (Wildman–Crippen LogP) is -0.938. The molecule has 0 aliphatic carbocycles. The Morgan fingerprint density at radius 2 is 1.88 bits per heavy atom. The molecule has 3 aliphatic rings. The minimum atomic E-state index is -0.208. The number of likely N-dealkylation sites (tertiary alicyclic amines) is 1. The molecule has 0 radical (unpaired) electrons. The summed E-state index contributed by atoms with van der Waals surface area (Å²) in [7, 11) is 0. The van der Waals surface area contributed by atoms with Gasteiger partial charge < -0.3 is 30.5 Å². The normalized spacial score (nSPS) is 18.2. The van der Waals surface area contributed by atoms with Crippen molar-refractivity contribution in [2.75, 3.05) is 68.0 Å². The molecule has 2 aromatic rings. The molecule has 5 rings (SSSR count). The molecule has 0 aromatic carbocycles. The number of aromatic nitrogens is 4. The van der Waals surface area contributed by atoms with Crippen LogP contribution in [0, 0.1) is 0 Å². The van der Waals surface area contributed by atoms with Crippen LogP contribution in [0.1, 0.15) is 12.5 Å². The van der Waals surface area contributed by atoms with Crippen molar-refractivity contribution in [2.45, 2.75) is 19.4 Å². The molecule has 3 N–H and O–H groups in total. The van der Waals surface area contributed by atoms with Crippen molar-refractivity contribution in [1.82, 2.24) is 30.2 Å². The van der Waals surface area contributed by atoms with E-state index in [1.807, 2.05) is 0 Å². The molecule has 0 bridgehead atoms. The Labute approximate surface area is 191 Å². The smallest absolute Gasteiger partial charge is 0.242 e. The van der Waals surface area contributed by atoms with Gasteiger partial charge in [-0.3, -0.25) is 9.59 Å². The fourth-order valence-corrected chi connectivity index (χ4v) is 4.39. The first-order valence-corrected chi connectivity index (χ1v) is 11.1. The van der Waals surface area contributed by atoms with Gasteiger partial charge in [0.25, 0.3) is 0 Å². The molecule has 2 amide bonds. The fraction of sp³-hybridized carbons (Fsp3) is 0.524. The van der Waals surface area contributed by atoms with Gasteiger partial charge in [0.2, 0.25) is 23.7 Å². The van der Waals surface area contributed by atoms with E-state index >= 15 is 0 Å². The van der Waals surface area contributed by atoms with E-state index in [0.29, 0.717) is 32.3 Å². The molecule has 12 nitrogen and oxygen atoms in total. The first kappa shape index (κ1) is 21.3. The van der Waals surface area contributed by atoms with Gasteiger partial charge in [-0.25, -0.2) is 15.0 Å². The molecule has 174 valence electrons. The summed E-state index contributed by atoms with van der Waals surface area (Å²) in [4.78, 5) is 47.7. The number of anilines is 3. The summed E-state index contributed by atoms with van der Waals surface area (Å²) in [6, 6.07) is 0.176. The number of nitrogen functional groups attached to an aromatic ring is 1. The third-order valence-electron chi connectivity index (χ3n) is 6.23. The highest BCUT2D eigenvalue weighted by Crippen LogP contribution is 2.37. The number of amides is 2. The van der Waals surface area contributed by atoms with E-state index < -0.39 is 0 Å². The zero-order chi connectivity index (χ0) is 22.9. The average molecular weight is 454 g/mol. The molecule has 0 atom stereocenters.